The molecule has 0 aliphatic carbocycles. The number of esters is 6. The second kappa shape index (κ2) is 59.9. The third kappa shape index (κ3) is 45.2. The van der Waals surface area contributed by atoms with Crippen molar-refractivity contribution in [2.75, 3.05) is 87.8 Å². The number of nitrogens with zero attached hydrogens (tertiary/aromatic N) is 4. The molecule has 95 heavy (non-hydrogen) atoms. The largest absolute Gasteiger partial charge is 0.487 e. The van der Waals surface area contributed by atoms with Crippen molar-refractivity contribution in [2.45, 2.75) is 182 Å². The predicted molar refractivity (Wildman–Crippen MR) is 368 cm³/mol. The normalized spacial score (nSPS) is 14.6. The topological polar surface area (TPSA) is 364 Å². The second-order valence-corrected chi connectivity index (χ2v) is 20.9. The highest BCUT2D eigenvalue weighted by Gasteiger charge is 2.39. The van der Waals surface area contributed by atoms with Gasteiger partial charge in [-0.25, -0.2) is 28.8 Å². The van der Waals surface area contributed by atoms with Crippen LogP contribution >= 0.6 is 15.9 Å². The Hall–Kier alpha value is -7.85. The van der Waals surface area contributed by atoms with Crippen LogP contribution in [0.1, 0.15) is 151 Å². The van der Waals surface area contributed by atoms with E-state index in [9.17, 15) is 67.1 Å². The summed E-state index contributed by atoms with van der Waals surface area (Å²) in [5, 5.41) is 3.48. The summed E-state index contributed by atoms with van der Waals surface area (Å²) in [5.41, 5.74) is 7.53. The number of nitrogens with one attached hydrogen (secondary N) is 1. The number of aliphatic imine (C=N–C) groups is 1. The standard InChI is InChI=1S/C14H23NO5.C13H21NO4.C12H17NO4.C10H17NO3.C6H9BrO2.C5H10O.C4H9NO.C3H7NO/c1-6-11(14(18)20-8-3)9-15(12(16)7-2)10(4)13(17)19-5;1-6-11(13(17)18-5)8-14(12(16)7-2)9(3)10(4)15;1-5-9-6-13(8(3)12(16)17-4)11(15)7(2)10(9)14;1-5-9(10(13)14-4)6-11-7(2)8(3)12;1-3-5(4-7)6(8)9-2;1-4(2)5(3)6;1-3(5)4(2)6;1-4-3-5-2/h6,10H,7-9H2,1-5H3;6,9H,7-8H2,1-5H3;5,7-8H,6H2,1-4H3;5,7,11H,6H2,1-4H3;3H,4H2,1-2H3;4H,1-3H3;3H,5H2,1-2H3;3H,1-2H3/b2*11-6+;2*9-5+;5-3+;;;. The van der Waals surface area contributed by atoms with Gasteiger partial charge in [0.1, 0.15) is 29.4 Å². The molecule has 3 amide bonds. The van der Waals surface area contributed by atoms with E-state index >= 15 is 0 Å². The molecule has 1 aliphatic rings. The number of nitrogens with two attached hydrogens (primary N) is 1. The highest BCUT2D eigenvalue weighted by atomic mass is 79.9. The first-order valence-electron chi connectivity index (χ1n) is 30.5. The first-order chi connectivity index (χ1) is 44.2. The molecule has 0 bridgehead atoms. The lowest BCUT2D eigenvalue weighted by Gasteiger charge is -2.34. The molecule has 0 aromatic rings. The minimum absolute atomic E-state index is 0.0261. The number of amides is 3. The molecule has 0 spiro atoms. The number of rotatable bonds is 25. The van der Waals surface area contributed by atoms with Crippen LogP contribution in [0.3, 0.4) is 0 Å². The molecule has 1 fully saturated rings. The third-order valence-corrected chi connectivity index (χ3v) is 14.0. The summed E-state index contributed by atoms with van der Waals surface area (Å²) in [6, 6.07) is -2.49. The van der Waals surface area contributed by atoms with Gasteiger partial charge in [0.15, 0.2) is 18.0 Å². The molecule has 0 radical (unpaired) electrons. The van der Waals surface area contributed by atoms with E-state index in [4.69, 9.17) is 10.5 Å². The molecule has 1 saturated heterocycles. The zero-order chi connectivity index (χ0) is 76.0. The van der Waals surface area contributed by atoms with E-state index in [-0.39, 0.29) is 116 Å². The van der Waals surface area contributed by atoms with E-state index in [1.807, 2.05) is 13.8 Å². The van der Waals surface area contributed by atoms with E-state index < -0.39 is 47.9 Å². The summed E-state index contributed by atoms with van der Waals surface area (Å²) >= 11 is 3.15. The molecule has 1 heterocycles. The average molecular weight is 1420 g/mol. The van der Waals surface area contributed by atoms with Gasteiger partial charge in [-0.05, 0) is 111 Å². The zero-order valence-corrected chi connectivity index (χ0v) is 63.1. The lowest BCUT2D eigenvalue weighted by molar-refractivity contribution is -0.155. The predicted octanol–water partition coefficient (Wildman–Crippen LogP) is 6.78. The monoisotopic (exact) mass is 1420 g/mol. The fourth-order valence-electron chi connectivity index (χ4n) is 6.23. The first-order valence-corrected chi connectivity index (χ1v) is 31.6. The van der Waals surface area contributed by atoms with Gasteiger partial charge in [-0.2, -0.15) is 0 Å². The van der Waals surface area contributed by atoms with Crippen LogP contribution in [0.15, 0.2) is 63.2 Å². The van der Waals surface area contributed by atoms with Crippen molar-refractivity contribution in [1.82, 2.24) is 20.0 Å². The quantitative estimate of drug-likeness (QED) is 0.0181. The Bertz CT molecular complexity index is 2610. The first kappa shape index (κ1) is 101. The number of allylic oxidation sites excluding steroid dienone is 5. The van der Waals surface area contributed by atoms with Crippen molar-refractivity contribution in [1.29, 1.82) is 0 Å². The molecule has 27 nitrogen and oxygen atoms in total. The lowest BCUT2D eigenvalue weighted by Crippen LogP contribution is -2.52. The minimum atomic E-state index is -0.753. The van der Waals surface area contributed by atoms with Crippen LogP contribution in [0.2, 0.25) is 0 Å². The van der Waals surface area contributed by atoms with E-state index in [0.29, 0.717) is 39.7 Å². The summed E-state index contributed by atoms with van der Waals surface area (Å²) in [7, 11) is 9.74. The summed E-state index contributed by atoms with van der Waals surface area (Å²) < 4.78 is 32.2. The van der Waals surface area contributed by atoms with Gasteiger partial charge in [0, 0.05) is 60.9 Å². The van der Waals surface area contributed by atoms with Crippen molar-refractivity contribution in [3.8, 4) is 0 Å². The van der Waals surface area contributed by atoms with Crippen LogP contribution in [-0.2, 0) is 100 Å². The van der Waals surface area contributed by atoms with Crippen LogP contribution in [-0.4, -0.2) is 222 Å². The average Bonchev–Trinajstić information content (AvgIpc) is 0.846. The van der Waals surface area contributed by atoms with Crippen LogP contribution in [0, 0.1) is 11.8 Å². The Morgan fingerprint density at radius 3 is 1.26 bits per heavy atom. The van der Waals surface area contributed by atoms with Gasteiger partial charge in [0.25, 0.3) is 0 Å². The maximum Gasteiger partial charge on any atom is 0.335 e. The van der Waals surface area contributed by atoms with Crippen molar-refractivity contribution < 1.29 is 100 Å². The summed E-state index contributed by atoms with van der Waals surface area (Å²) in [6.07, 6.45) is 10.2. The number of hydrogen-bond donors (Lipinski definition) is 2. The van der Waals surface area contributed by atoms with Gasteiger partial charge < -0.3 is 58.9 Å². The Labute approximate surface area is 572 Å². The summed E-state index contributed by atoms with van der Waals surface area (Å²) in [6.45, 7) is 34.3. The molecule has 1 aliphatic heterocycles. The van der Waals surface area contributed by atoms with Gasteiger partial charge in [-0.3, -0.25) is 43.3 Å². The Kier molecular flexibility index (Phi) is 63.4. The molecular formula is C67H113BrN6O21. The van der Waals surface area contributed by atoms with Crippen molar-refractivity contribution in [3.05, 3.63) is 58.2 Å². The molecule has 28 heteroatoms. The molecule has 1 rings (SSSR count). The van der Waals surface area contributed by atoms with Crippen molar-refractivity contribution in [2.24, 2.45) is 22.6 Å². The molecule has 3 N–H and O–H groups in total. The number of piperidine rings is 1. The summed E-state index contributed by atoms with van der Waals surface area (Å²) in [5.74, 6) is -3.76. The van der Waals surface area contributed by atoms with E-state index in [1.54, 1.807) is 148 Å². The van der Waals surface area contributed by atoms with Crippen molar-refractivity contribution >= 4 is 105 Å². The molecule has 0 aromatic carbocycles. The lowest BCUT2D eigenvalue weighted by atomic mass is 9.92. The fourth-order valence-corrected chi connectivity index (χ4v) is 6.78. The van der Waals surface area contributed by atoms with Crippen LogP contribution in [0.4, 0.5) is 0 Å². The maximum atomic E-state index is 11.9. The van der Waals surface area contributed by atoms with Gasteiger partial charge in [-0.15, -0.1) is 0 Å². The number of likely N-dealkylation sites (tertiary alicyclic amines) is 1. The minimum Gasteiger partial charge on any atom is -0.487 e. The molecule has 6 atom stereocenters. The van der Waals surface area contributed by atoms with Gasteiger partial charge in [-0.1, -0.05) is 74.0 Å². The second-order valence-electron chi connectivity index (χ2n) is 20.4. The molecular weight excluding hydrogens is 1300 g/mol. The molecule has 544 valence electrons. The SMILES string of the molecule is C/C=C(\CBr)C(=O)OC.C/C=C(\CN(C(=O)CC)C(C)C(=O)OC)C(=O)OCC.C/C=C(\CN(C(=O)CC)C(C)C(C)=O)C(=O)OC.C/C=C(\CNC(C)C(C)=O)C(=O)OC.C/C=C1\CN(C(C)C(=O)OC)C(=O)C(C)C1=O.CC(=O)C(C)C.CC(=O)C(C)N.CN=COC. The Morgan fingerprint density at radius 1 is 0.600 bits per heavy atom. The van der Waals surface area contributed by atoms with Gasteiger partial charge >= 0.3 is 35.8 Å². The van der Waals surface area contributed by atoms with Gasteiger partial charge in [0.05, 0.1) is 97.5 Å². The Balaban J connectivity index is -0.000000194. The number of hydrogen-bond acceptors (Lipinski definition) is 24. The number of carbonyl (C=O) groups is 14. The van der Waals surface area contributed by atoms with Crippen LogP contribution < -0.4 is 11.1 Å². The molecule has 6 unspecified atom stereocenters. The number of halogens is 1. The third-order valence-electron chi connectivity index (χ3n) is 13.3. The molecule has 0 saturated carbocycles. The van der Waals surface area contributed by atoms with E-state index in [1.165, 1.54) is 77.4 Å². The number of carbonyl (C=O) groups excluding carboxylic acids is 14. The van der Waals surface area contributed by atoms with E-state index in [2.05, 4.69) is 54.7 Å². The smallest absolute Gasteiger partial charge is 0.335 e. The van der Waals surface area contributed by atoms with Crippen LogP contribution in [0.25, 0.3) is 0 Å². The van der Waals surface area contributed by atoms with Crippen LogP contribution in [0.5, 0.6) is 0 Å². The number of ether oxygens (including phenoxy) is 7. The highest BCUT2D eigenvalue weighted by molar-refractivity contribution is 9.09. The molecule has 0 aromatic heterocycles. The zero-order valence-electron chi connectivity index (χ0n) is 61.5. The van der Waals surface area contributed by atoms with Gasteiger partial charge in [0.2, 0.25) is 17.7 Å². The number of alkyl halides is 1. The maximum absolute atomic E-state index is 11.9. The van der Waals surface area contributed by atoms with E-state index in [0.717, 1.165) is 0 Å². The Morgan fingerprint density at radius 2 is 0.989 bits per heavy atom. The summed E-state index contributed by atoms with van der Waals surface area (Å²) in [4.78, 5) is 165. The number of ketones is 5. The fraction of sp³-hybridized carbons (Fsp3) is 0.627. The van der Waals surface area contributed by atoms with Crippen molar-refractivity contribution in [3.63, 3.8) is 0 Å². The number of Topliss-reactive ketones (excluding diaryl/α,β-unsaturated/α-hetero) is 5. The number of methoxy groups -OCH3 is 6. The highest BCUT2D eigenvalue weighted by Crippen LogP contribution is 2.21.